The third-order valence-corrected chi connectivity index (χ3v) is 4.59. The molecule has 134 valence electrons. The number of nitrogens with zero attached hydrogens (tertiary/aromatic N) is 3. The second kappa shape index (κ2) is 8.12. The fourth-order valence-corrected chi connectivity index (χ4v) is 3.13. The molecule has 7 nitrogen and oxygen atoms in total. The molecule has 0 atom stereocenters. The number of hydrogen-bond acceptors (Lipinski definition) is 7. The molecule has 1 heterocycles. The molecule has 0 aliphatic rings. The van der Waals surface area contributed by atoms with Crippen molar-refractivity contribution in [3.63, 3.8) is 0 Å². The van der Waals surface area contributed by atoms with Gasteiger partial charge in [0.1, 0.15) is 28.1 Å². The van der Waals surface area contributed by atoms with Gasteiger partial charge in [0.2, 0.25) is 0 Å². The minimum absolute atomic E-state index is 0.0656. The number of thiazole rings is 1. The van der Waals surface area contributed by atoms with Crippen molar-refractivity contribution in [2.75, 3.05) is 12.4 Å². The van der Waals surface area contributed by atoms with E-state index in [4.69, 9.17) is 4.74 Å². The molecule has 0 unspecified atom stereocenters. The van der Waals surface area contributed by atoms with E-state index in [1.165, 1.54) is 23.6 Å². The Morgan fingerprint density at radius 3 is 2.70 bits per heavy atom. The van der Waals surface area contributed by atoms with E-state index in [1.807, 2.05) is 29.6 Å². The number of para-hydroxylation sites is 2. The van der Waals surface area contributed by atoms with Crippen LogP contribution in [0.2, 0.25) is 0 Å². The normalized spacial score (nSPS) is 10.9. The van der Waals surface area contributed by atoms with E-state index in [2.05, 4.69) is 16.4 Å². The molecule has 27 heavy (non-hydrogen) atoms. The molecule has 2 aromatic carbocycles. The number of hydrogen-bond donors (Lipinski definition) is 1. The number of allylic oxidation sites excluding steroid dienone is 1. The van der Waals surface area contributed by atoms with Gasteiger partial charge in [-0.2, -0.15) is 5.26 Å². The number of methoxy groups -OCH3 is 1. The van der Waals surface area contributed by atoms with E-state index in [0.29, 0.717) is 10.7 Å². The quantitative estimate of drug-likeness (QED) is 0.379. The number of anilines is 1. The van der Waals surface area contributed by atoms with Gasteiger partial charge in [0.25, 0.3) is 5.69 Å². The van der Waals surface area contributed by atoms with Crippen molar-refractivity contribution in [2.24, 2.45) is 0 Å². The third kappa shape index (κ3) is 4.11. The predicted molar refractivity (Wildman–Crippen MR) is 104 cm³/mol. The SMILES string of the molecule is COc1ccc(-c2csc(/C(C#N)=C/Nc3ccccc3[N+](=O)[O-])n2)cc1. The summed E-state index contributed by atoms with van der Waals surface area (Å²) < 4.78 is 5.14. The standard InChI is InChI=1S/C19H14N4O3S/c1-26-15-8-6-13(7-9-15)17-12-27-19(22-17)14(10-20)11-21-16-4-2-3-5-18(16)23(24)25/h2-9,11-12,21H,1H3/b14-11+. The van der Waals surface area contributed by atoms with Crippen LogP contribution in [0.3, 0.4) is 0 Å². The highest BCUT2D eigenvalue weighted by atomic mass is 32.1. The van der Waals surface area contributed by atoms with Crippen molar-refractivity contribution in [1.29, 1.82) is 5.26 Å². The lowest BCUT2D eigenvalue weighted by Gasteiger charge is -2.02. The average Bonchev–Trinajstić information content (AvgIpc) is 3.19. The highest BCUT2D eigenvalue weighted by molar-refractivity contribution is 7.11. The summed E-state index contributed by atoms with van der Waals surface area (Å²) in [5, 5.41) is 25.7. The molecule has 0 radical (unpaired) electrons. The van der Waals surface area contributed by atoms with Crippen molar-refractivity contribution < 1.29 is 9.66 Å². The first-order valence-electron chi connectivity index (χ1n) is 7.83. The molecule has 0 saturated carbocycles. The van der Waals surface area contributed by atoms with Crippen LogP contribution in [0.5, 0.6) is 5.75 Å². The summed E-state index contributed by atoms with van der Waals surface area (Å²) in [6.07, 6.45) is 1.43. The number of nitro benzene ring substituents is 1. The third-order valence-electron chi connectivity index (χ3n) is 3.71. The zero-order valence-electron chi connectivity index (χ0n) is 14.2. The Hall–Kier alpha value is -3.70. The Morgan fingerprint density at radius 1 is 1.30 bits per heavy atom. The number of nitrogens with one attached hydrogen (secondary N) is 1. The van der Waals surface area contributed by atoms with Gasteiger partial charge in [-0.3, -0.25) is 10.1 Å². The molecule has 3 rings (SSSR count). The van der Waals surface area contributed by atoms with Crippen LogP contribution < -0.4 is 10.1 Å². The van der Waals surface area contributed by atoms with Gasteiger partial charge in [-0.15, -0.1) is 11.3 Å². The fraction of sp³-hybridized carbons (Fsp3) is 0.0526. The number of benzene rings is 2. The molecule has 0 aliphatic heterocycles. The zero-order valence-corrected chi connectivity index (χ0v) is 15.1. The lowest BCUT2D eigenvalue weighted by atomic mass is 10.2. The van der Waals surface area contributed by atoms with Crippen molar-refractivity contribution >= 4 is 28.3 Å². The topological polar surface area (TPSA) is 101 Å². The van der Waals surface area contributed by atoms with Gasteiger partial charge >= 0.3 is 0 Å². The van der Waals surface area contributed by atoms with Crippen LogP contribution in [-0.4, -0.2) is 17.0 Å². The maximum absolute atomic E-state index is 11.1. The van der Waals surface area contributed by atoms with Crippen molar-refractivity contribution in [1.82, 2.24) is 4.98 Å². The van der Waals surface area contributed by atoms with Gasteiger partial charge in [-0.1, -0.05) is 12.1 Å². The largest absolute Gasteiger partial charge is 0.497 e. The molecule has 8 heteroatoms. The van der Waals surface area contributed by atoms with Crippen LogP contribution >= 0.6 is 11.3 Å². The summed E-state index contributed by atoms with van der Waals surface area (Å²) in [4.78, 5) is 15.1. The fourth-order valence-electron chi connectivity index (χ4n) is 2.34. The van der Waals surface area contributed by atoms with Crippen molar-refractivity contribution in [3.8, 4) is 23.1 Å². The molecule has 1 aromatic heterocycles. The van der Waals surface area contributed by atoms with Crippen LogP contribution in [0, 0.1) is 21.4 Å². The van der Waals surface area contributed by atoms with E-state index in [9.17, 15) is 15.4 Å². The number of nitriles is 1. The zero-order chi connectivity index (χ0) is 19.2. The van der Waals surface area contributed by atoms with E-state index in [1.54, 1.807) is 25.3 Å². The summed E-state index contributed by atoms with van der Waals surface area (Å²) in [6.45, 7) is 0. The smallest absolute Gasteiger partial charge is 0.292 e. The molecule has 0 fully saturated rings. The second-order valence-electron chi connectivity index (χ2n) is 5.35. The van der Waals surface area contributed by atoms with Gasteiger partial charge in [-0.05, 0) is 30.3 Å². The Labute approximate surface area is 159 Å². The molecule has 1 N–H and O–H groups in total. The van der Waals surface area contributed by atoms with E-state index in [-0.39, 0.29) is 11.3 Å². The van der Waals surface area contributed by atoms with Crippen LogP contribution in [-0.2, 0) is 0 Å². The van der Waals surface area contributed by atoms with Gasteiger partial charge in [0, 0.05) is 23.2 Å². The molecule has 0 amide bonds. The Bertz CT molecular complexity index is 1040. The van der Waals surface area contributed by atoms with E-state index >= 15 is 0 Å². The Kier molecular flexibility index (Phi) is 5.44. The summed E-state index contributed by atoms with van der Waals surface area (Å²) >= 11 is 1.33. The number of nitro groups is 1. The molecule has 0 aliphatic carbocycles. The Morgan fingerprint density at radius 2 is 2.04 bits per heavy atom. The number of aromatic nitrogens is 1. The van der Waals surface area contributed by atoms with E-state index < -0.39 is 4.92 Å². The predicted octanol–water partition coefficient (Wildman–Crippen LogP) is 4.70. The van der Waals surface area contributed by atoms with Gasteiger partial charge in [0.05, 0.1) is 17.7 Å². The monoisotopic (exact) mass is 378 g/mol. The van der Waals surface area contributed by atoms with E-state index in [0.717, 1.165) is 17.0 Å². The summed E-state index contributed by atoms with van der Waals surface area (Å²) in [5.74, 6) is 0.750. The van der Waals surface area contributed by atoms with Gasteiger partial charge in [-0.25, -0.2) is 4.98 Å². The van der Waals surface area contributed by atoms with Crippen LogP contribution in [0.1, 0.15) is 5.01 Å². The van der Waals surface area contributed by atoms with Gasteiger partial charge < -0.3 is 10.1 Å². The minimum atomic E-state index is -0.479. The first kappa shape index (κ1) is 18.1. The summed E-state index contributed by atoms with van der Waals surface area (Å²) in [5.41, 5.74) is 2.18. The van der Waals surface area contributed by atoms with Crippen molar-refractivity contribution in [3.05, 3.63) is 75.2 Å². The van der Waals surface area contributed by atoms with Crippen LogP contribution in [0.25, 0.3) is 16.8 Å². The minimum Gasteiger partial charge on any atom is -0.497 e. The van der Waals surface area contributed by atoms with Crippen LogP contribution in [0.4, 0.5) is 11.4 Å². The number of rotatable bonds is 6. The molecule has 3 aromatic rings. The summed E-state index contributed by atoms with van der Waals surface area (Å²) in [6, 6.07) is 15.8. The second-order valence-corrected chi connectivity index (χ2v) is 6.21. The van der Waals surface area contributed by atoms with Crippen LogP contribution in [0.15, 0.2) is 60.1 Å². The molecular formula is C19H14N4O3S. The molecular weight excluding hydrogens is 364 g/mol. The maximum atomic E-state index is 11.1. The molecule has 0 spiro atoms. The maximum Gasteiger partial charge on any atom is 0.292 e. The molecule has 0 saturated heterocycles. The first-order chi connectivity index (χ1) is 13.1. The molecule has 0 bridgehead atoms. The first-order valence-corrected chi connectivity index (χ1v) is 8.71. The van der Waals surface area contributed by atoms with Gasteiger partial charge in [0.15, 0.2) is 0 Å². The Balaban J connectivity index is 1.84. The highest BCUT2D eigenvalue weighted by Crippen LogP contribution is 2.28. The number of ether oxygens (including phenoxy) is 1. The average molecular weight is 378 g/mol. The summed E-state index contributed by atoms with van der Waals surface area (Å²) in [7, 11) is 1.60. The van der Waals surface area contributed by atoms with Crippen molar-refractivity contribution in [2.45, 2.75) is 0 Å². The highest BCUT2D eigenvalue weighted by Gasteiger charge is 2.13. The lowest BCUT2D eigenvalue weighted by Crippen LogP contribution is -1.96. The lowest BCUT2D eigenvalue weighted by molar-refractivity contribution is -0.383.